The van der Waals surface area contributed by atoms with Crippen LogP contribution in [0, 0.1) is 5.92 Å². The number of hydrogen-bond donors (Lipinski definition) is 2. The van der Waals surface area contributed by atoms with Crippen molar-refractivity contribution in [2.45, 2.75) is 25.3 Å². The molecule has 108 valence electrons. The lowest BCUT2D eigenvalue weighted by molar-refractivity contribution is -0.142. The summed E-state index contributed by atoms with van der Waals surface area (Å²) in [4.78, 5) is 23.3. The van der Waals surface area contributed by atoms with Gasteiger partial charge >= 0.3 is 5.97 Å². The van der Waals surface area contributed by atoms with Gasteiger partial charge in [-0.25, -0.2) is 0 Å². The van der Waals surface area contributed by atoms with Gasteiger partial charge in [-0.15, -0.1) is 0 Å². The number of ether oxygens (including phenoxy) is 1. The van der Waals surface area contributed by atoms with Gasteiger partial charge in [0.15, 0.2) is 0 Å². The van der Waals surface area contributed by atoms with E-state index < -0.39 is 11.9 Å². The average Bonchev–Trinajstić information content (AvgIpc) is 2.86. The Hall–Kier alpha value is -1.75. The number of amides is 1. The van der Waals surface area contributed by atoms with Gasteiger partial charge in [-0.05, 0) is 31.0 Å². The summed E-state index contributed by atoms with van der Waals surface area (Å²) in [5.74, 6) is -1.34. The number of rotatable bonds is 4. The molecule has 1 aliphatic carbocycles. The van der Waals surface area contributed by atoms with E-state index in [1.165, 1.54) is 7.11 Å². The zero-order chi connectivity index (χ0) is 14.7. The molecular weight excluding hydrogens is 282 g/mol. The van der Waals surface area contributed by atoms with Crippen molar-refractivity contribution in [3.8, 4) is 5.75 Å². The second-order valence-electron chi connectivity index (χ2n) is 4.80. The van der Waals surface area contributed by atoms with Crippen molar-refractivity contribution in [1.82, 2.24) is 5.32 Å². The monoisotopic (exact) mass is 297 g/mol. The third kappa shape index (κ3) is 3.04. The van der Waals surface area contributed by atoms with E-state index in [-0.39, 0.29) is 11.9 Å². The molecule has 1 fully saturated rings. The number of benzene rings is 1. The molecule has 2 unspecified atom stereocenters. The third-order valence-corrected chi connectivity index (χ3v) is 3.79. The van der Waals surface area contributed by atoms with Crippen molar-refractivity contribution >= 4 is 23.5 Å². The number of carbonyl (C=O) groups is 2. The molecule has 1 aliphatic rings. The van der Waals surface area contributed by atoms with Crippen LogP contribution in [0.3, 0.4) is 0 Å². The first-order chi connectivity index (χ1) is 9.52. The topological polar surface area (TPSA) is 75.6 Å². The Kier molecular flexibility index (Phi) is 4.49. The van der Waals surface area contributed by atoms with E-state index >= 15 is 0 Å². The van der Waals surface area contributed by atoms with Gasteiger partial charge in [0.05, 0.1) is 18.6 Å². The minimum atomic E-state index is -0.865. The first-order valence-electron chi connectivity index (χ1n) is 6.40. The highest BCUT2D eigenvalue weighted by molar-refractivity contribution is 6.30. The molecule has 1 amide bonds. The molecule has 0 radical (unpaired) electrons. The third-order valence-electron chi connectivity index (χ3n) is 3.56. The maximum absolute atomic E-state index is 12.2. The summed E-state index contributed by atoms with van der Waals surface area (Å²) in [7, 11) is 1.46. The second kappa shape index (κ2) is 6.13. The summed E-state index contributed by atoms with van der Waals surface area (Å²) in [6.07, 6.45) is 2.08. The molecule has 1 aromatic carbocycles. The van der Waals surface area contributed by atoms with E-state index in [0.29, 0.717) is 29.2 Å². The maximum atomic E-state index is 12.2. The average molecular weight is 298 g/mol. The fraction of sp³-hybridized carbons (Fsp3) is 0.429. The lowest BCUT2D eigenvalue weighted by atomic mass is 10.0. The van der Waals surface area contributed by atoms with E-state index in [9.17, 15) is 9.59 Å². The normalized spacial score (nSPS) is 21.5. The highest BCUT2D eigenvalue weighted by Crippen LogP contribution is 2.28. The number of halogens is 1. The van der Waals surface area contributed by atoms with Crippen LogP contribution >= 0.6 is 11.6 Å². The van der Waals surface area contributed by atoms with Crippen LogP contribution in [0.15, 0.2) is 18.2 Å². The standard InChI is InChI=1S/C14H16ClNO4/c1-20-12-7-8(15)5-6-10(12)13(17)16-11-4-2-3-9(11)14(18)19/h5-7,9,11H,2-4H2,1H3,(H,16,17)(H,18,19). The van der Waals surface area contributed by atoms with Crippen LogP contribution in [0.25, 0.3) is 0 Å². The molecule has 0 heterocycles. The van der Waals surface area contributed by atoms with Crippen LogP contribution in [-0.4, -0.2) is 30.1 Å². The molecule has 20 heavy (non-hydrogen) atoms. The number of carboxylic acid groups (broad SMARTS) is 1. The van der Waals surface area contributed by atoms with Gasteiger partial charge in [0, 0.05) is 11.1 Å². The summed E-state index contributed by atoms with van der Waals surface area (Å²) >= 11 is 5.85. The van der Waals surface area contributed by atoms with Crippen LogP contribution in [0.1, 0.15) is 29.6 Å². The van der Waals surface area contributed by atoms with Gasteiger partial charge < -0.3 is 15.2 Å². The molecule has 2 N–H and O–H groups in total. The first-order valence-corrected chi connectivity index (χ1v) is 6.78. The van der Waals surface area contributed by atoms with Crippen LogP contribution in [0.2, 0.25) is 5.02 Å². The van der Waals surface area contributed by atoms with Gasteiger partial charge in [-0.2, -0.15) is 0 Å². The van der Waals surface area contributed by atoms with Crippen LogP contribution in [0.4, 0.5) is 0 Å². The number of hydrogen-bond acceptors (Lipinski definition) is 3. The molecule has 2 rings (SSSR count). The molecule has 1 saturated carbocycles. The lowest BCUT2D eigenvalue weighted by Gasteiger charge is -2.18. The van der Waals surface area contributed by atoms with Gasteiger partial charge in [0.25, 0.3) is 5.91 Å². The van der Waals surface area contributed by atoms with E-state index in [1.54, 1.807) is 18.2 Å². The van der Waals surface area contributed by atoms with Gasteiger partial charge in [-0.1, -0.05) is 18.0 Å². The van der Waals surface area contributed by atoms with E-state index in [2.05, 4.69) is 5.32 Å². The zero-order valence-corrected chi connectivity index (χ0v) is 11.8. The Bertz CT molecular complexity index is 532. The number of carbonyl (C=O) groups excluding carboxylic acids is 1. The van der Waals surface area contributed by atoms with Crippen molar-refractivity contribution < 1.29 is 19.4 Å². The van der Waals surface area contributed by atoms with E-state index in [1.807, 2.05) is 0 Å². The zero-order valence-electron chi connectivity index (χ0n) is 11.1. The first kappa shape index (κ1) is 14.7. The highest BCUT2D eigenvalue weighted by Gasteiger charge is 2.34. The molecule has 0 saturated heterocycles. The number of methoxy groups -OCH3 is 1. The minimum absolute atomic E-state index is 0.333. The Morgan fingerprint density at radius 1 is 1.40 bits per heavy atom. The van der Waals surface area contributed by atoms with Crippen LogP contribution < -0.4 is 10.1 Å². The van der Waals surface area contributed by atoms with Gasteiger partial charge in [0.2, 0.25) is 0 Å². The van der Waals surface area contributed by atoms with Gasteiger partial charge in [0.1, 0.15) is 5.75 Å². The lowest BCUT2D eigenvalue weighted by Crippen LogP contribution is -2.40. The fourth-order valence-corrected chi connectivity index (χ4v) is 2.69. The fourth-order valence-electron chi connectivity index (χ4n) is 2.53. The van der Waals surface area contributed by atoms with Crippen molar-refractivity contribution in [1.29, 1.82) is 0 Å². The van der Waals surface area contributed by atoms with Gasteiger partial charge in [-0.3, -0.25) is 9.59 Å². The summed E-state index contributed by atoms with van der Waals surface area (Å²) < 4.78 is 5.12. The summed E-state index contributed by atoms with van der Waals surface area (Å²) in [5.41, 5.74) is 0.355. The van der Waals surface area contributed by atoms with E-state index in [4.69, 9.17) is 21.4 Å². The Labute approximate surface area is 121 Å². The molecule has 2 atom stereocenters. The second-order valence-corrected chi connectivity index (χ2v) is 5.24. The van der Waals surface area contributed by atoms with E-state index in [0.717, 1.165) is 6.42 Å². The Morgan fingerprint density at radius 2 is 2.15 bits per heavy atom. The molecular formula is C14H16ClNO4. The molecule has 0 spiro atoms. The predicted molar refractivity (Wildman–Crippen MR) is 74.2 cm³/mol. The molecule has 0 aliphatic heterocycles. The molecule has 1 aromatic rings. The molecule has 0 aromatic heterocycles. The van der Waals surface area contributed by atoms with Crippen molar-refractivity contribution in [3.05, 3.63) is 28.8 Å². The quantitative estimate of drug-likeness (QED) is 0.894. The number of carboxylic acids is 1. The molecule has 5 nitrogen and oxygen atoms in total. The number of aliphatic carboxylic acids is 1. The Morgan fingerprint density at radius 3 is 2.80 bits per heavy atom. The molecule has 0 bridgehead atoms. The Balaban J connectivity index is 2.14. The summed E-state index contributed by atoms with van der Waals surface area (Å²) in [5, 5.41) is 12.4. The largest absolute Gasteiger partial charge is 0.496 e. The smallest absolute Gasteiger partial charge is 0.308 e. The van der Waals surface area contributed by atoms with Crippen LogP contribution in [-0.2, 0) is 4.79 Å². The van der Waals surface area contributed by atoms with Crippen molar-refractivity contribution in [2.24, 2.45) is 5.92 Å². The minimum Gasteiger partial charge on any atom is -0.496 e. The molecule has 6 heteroatoms. The van der Waals surface area contributed by atoms with Crippen LogP contribution in [0.5, 0.6) is 5.75 Å². The maximum Gasteiger partial charge on any atom is 0.308 e. The summed E-state index contributed by atoms with van der Waals surface area (Å²) in [6, 6.07) is 4.39. The summed E-state index contributed by atoms with van der Waals surface area (Å²) in [6.45, 7) is 0. The van der Waals surface area contributed by atoms with Crippen molar-refractivity contribution in [2.75, 3.05) is 7.11 Å². The number of nitrogens with one attached hydrogen (secondary N) is 1. The van der Waals surface area contributed by atoms with Crippen molar-refractivity contribution in [3.63, 3.8) is 0 Å². The predicted octanol–water partition coefficient (Wildman–Crippen LogP) is 2.33. The SMILES string of the molecule is COc1cc(Cl)ccc1C(=O)NC1CCCC1C(=O)O. The highest BCUT2D eigenvalue weighted by atomic mass is 35.5.